The number of hydrogen-bond donors (Lipinski definition) is 2. The van der Waals surface area contributed by atoms with Crippen molar-refractivity contribution in [1.29, 1.82) is 0 Å². The van der Waals surface area contributed by atoms with Crippen molar-refractivity contribution in [2.24, 2.45) is 5.73 Å². The molecule has 0 saturated heterocycles. The third-order valence-electron chi connectivity index (χ3n) is 1.87. The Hall–Kier alpha value is -0.990. The molecule has 1 aromatic carbocycles. The van der Waals surface area contributed by atoms with Gasteiger partial charge in [-0.25, -0.2) is 0 Å². The van der Waals surface area contributed by atoms with Crippen molar-refractivity contribution in [2.45, 2.75) is 12.5 Å². The molecule has 0 aliphatic heterocycles. The van der Waals surface area contributed by atoms with Crippen molar-refractivity contribution >= 4 is 17.3 Å². The Labute approximate surface area is 83.2 Å². The summed E-state index contributed by atoms with van der Waals surface area (Å²) in [5.41, 5.74) is 13.0. The average molecular weight is 197 g/mol. The molecular weight excluding hydrogens is 184 g/mol. The van der Waals surface area contributed by atoms with Crippen LogP contribution in [0.5, 0.6) is 0 Å². The molecule has 1 atom stereocenters. The van der Waals surface area contributed by atoms with Gasteiger partial charge in [-0.1, -0.05) is 23.7 Å². The number of nitrogen functional groups attached to an aromatic ring is 1. The van der Waals surface area contributed by atoms with Crippen molar-refractivity contribution < 1.29 is 0 Å². The highest BCUT2D eigenvalue weighted by Gasteiger charge is 2.05. The molecule has 3 heteroatoms. The van der Waals surface area contributed by atoms with Crippen LogP contribution in [0.4, 0.5) is 5.69 Å². The molecule has 0 radical (unpaired) electrons. The predicted octanol–water partition coefficient (Wildman–Crippen LogP) is 2.50. The van der Waals surface area contributed by atoms with Crippen LogP contribution in [-0.4, -0.2) is 0 Å². The Kier molecular flexibility index (Phi) is 3.34. The summed E-state index contributed by atoms with van der Waals surface area (Å²) >= 11 is 5.85. The number of halogens is 1. The lowest BCUT2D eigenvalue weighted by Gasteiger charge is -2.10. The summed E-state index contributed by atoms with van der Waals surface area (Å²) in [6, 6.07) is 5.40. The quantitative estimate of drug-likeness (QED) is 0.577. The second-order valence-corrected chi connectivity index (χ2v) is 3.32. The highest BCUT2D eigenvalue weighted by Crippen LogP contribution is 2.23. The minimum absolute atomic E-state index is 0.0457. The normalized spacial score (nSPS) is 12.5. The van der Waals surface area contributed by atoms with E-state index in [0.717, 1.165) is 12.0 Å². The maximum Gasteiger partial charge on any atom is 0.0638 e. The van der Waals surface area contributed by atoms with Crippen molar-refractivity contribution in [2.75, 3.05) is 5.73 Å². The highest BCUT2D eigenvalue weighted by molar-refractivity contribution is 6.33. The summed E-state index contributed by atoms with van der Waals surface area (Å²) in [5, 5.41) is 0.553. The lowest BCUT2D eigenvalue weighted by atomic mass is 10.0. The van der Waals surface area contributed by atoms with E-state index in [1.54, 1.807) is 18.2 Å². The van der Waals surface area contributed by atoms with Gasteiger partial charge >= 0.3 is 0 Å². The minimum Gasteiger partial charge on any atom is -0.398 e. The Morgan fingerprint density at radius 2 is 2.23 bits per heavy atom. The molecule has 0 fully saturated rings. The largest absolute Gasteiger partial charge is 0.398 e. The molecule has 0 heterocycles. The number of anilines is 1. The van der Waals surface area contributed by atoms with E-state index in [4.69, 9.17) is 23.1 Å². The van der Waals surface area contributed by atoms with E-state index in [-0.39, 0.29) is 6.04 Å². The molecule has 0 bridgehead atoms. The van der Waals surface area contributed by atoms with Crippen LogP contribution in [-0.2, 0) is 0 Å². The van der Waals surface area contributed by atoms with Crippen LogP contribution in [0.3, 0.4) is 0 Å². The van der Waals surface area contributed by atoms with Gasteiger partial charge in [0.25, 0.3) is 0 Å². The van der Waals surface area contributed by atoms with Gasteiger partial charge in [-0.15, -0.1) is 6.58 Å². The molecule has 0 saturated carbocycles. The topological polar surface area (TPSA) is 52.0 Å². The molecule has 0 aromatic heterocycles. The lowest BCUT2D eigenvalue weighted by Crippen LogP contribution is -2.08. The van der Waals surface area contributed by atoms with Gasteiger partial charge in [-0.05, 0) is 24.1 Å². The second kappa shape index (κ2) is 4.30. The molecule has 0 amide bonds. The predicted molar refractivity (Wildman–Crippen MR) is 57.6 cm³/mol. The molecule has 1 unspecified atom stereocenters. The second-order valence-electron chi connectivity index (χ2n) is 2.91. The van der Waals surface area contributed by atoms with Crippen LogP contribution in [0.15, 0.2) is 30.9 Å². The molecule has 1 aromatic rings. The van der Waals surface area contributed by atoms with Gasteiger partial charge in [-0.2, -0.15) is 0 Å². The first-order chi connectivity index (χ1) is 6.15. The molecule has 0 aliphatic rings. The van der Waals surface area contributed by atoms with E-state index in [2.05, 4.69) is 6.58 Å². The average Bonchev–Trinajstić information content (AvgIpc) is 2.10. The van der Waals surface area contributed by atoms with Crippen molar-refractivity contribution in [1.82, 2.24) is 0 Å². The molecule has 4 N–H and O–H groups in total. The van der Waals surface area contributed by atoms with E-state index in [9.17, 15) is 0 Å². The first-order valence-electron chi connectivity index (χ1n) is 4.06. The zero-order chi connectivity index (χ0) is 9.84. The lowest BCUT2D eigenvalue weighted by molar-refractivity contribution is 0.742. The summed E-state index contributed by atoms with van der Waals surface area (Å²) < 4.78 is 0. The highest BCUT2D eigenvalue weighted by atomic mass is 35.5. The standard InChI is InChI=1S/C10H13ClN2/c1-2-3-9(12)7-4-5-10(13)8(11)6-7/h2,4-6,9H,1,3,12-13H2. The van der Waals surface area contributed by atoms with E-state index in [1.807, 2.05) is 6.07 Å². The van der Waals surface area contributed by atoms with E-state index in [0.29, 0.717) is 10.7 Å². The zero-order valence-corrected chi connectivity index (χ0v) is 8.09. The number of benzene rings is 1. The Morgan fingerprint density at radius 1 is 1.54 bits per heavy atom. The maximum absolute atomic E-state index is 5.85. The third kappa shape index (κ3) is 2.47. The molecule has 0 spiro atoms. The summed E-state index contributed by atoms with van der Waals surface area (Å²) in [6.07, 6.45) is 2.52. The molecular formula is C10H13ClN2. The number of hydrogen-bond acceptors (Lipinski definition) is 2. The fourth-order valence-electron chi connectivity index (χ4n) is 1.09. The summed E-state index contributed by atoms with van der Waals surface area (Å²) in [5.74, 6) is 0. The van der Waals surface area contributed by atoms with Crippen molar-refractivity contribution in [3.05, 3.63) is 41.4 Å². The third-order valence-corrected chi connectivity index (χ3v) is 2.20. The van der Waals surface area contributed by atoms with Crippen molar-refractivity contribution in [3.8, 4) is 0 Å². The van der Waals surface area contributed by atoms with Crippen LogP contribution in [0.1, 0.15) is 18.0 Å². The summed E-state index contributed by atoms with van der Waals surface area (Å²) in [4.78, 5) is 0. The van der Waals surface area contributed by atoms with Crippen LogP contribution in [0, 0.1) is 0 Å². The first-order valence-corrected chi connectivity index (χ1v) is 4.44. The Morgan fingerprint density at radius 3 is 2.77 bits per heavy atom. The maximum atomic E-state index is 5.85. The molecule has 2 nitrogen and oxygen atoms in total. The SMILES string of the molecule is C=CCC(N)c1ccc(N)c(Cl)c1. The van der Waals surface area contributed by atoms with E-state index >= 15 is 0 Å². The zero-order valence-electron chi connectivity index (χ0n) is 7.33. The number of rotatable bonds is 3. The first kappa shape index (κ1) is 10.1. The van der Waals surface area contributed by atoms with E-state index in [1.165, 1.54) is 0 Å². The van der Waals surface area contributed by atoms with Gasteiger partial charge in [0, 0.05) is 6.04 Å². The van der Waals surface area contributed by atoms with Crippen LogP contribution in [0.2, 0.25) is 5.02 Å². The smallest absolute Gasteiger partial charge is 0.0638 e. The van der Waals surface area contributed by atoms with E-state index < -0.39 is 0 Å². The van der Waals surface area contributed by atoms with Crippen LogP contribution < -0.4 is 11.5 Å². The minimum atomic E-state index is -0.0457. The molecule has 70 valence electrons. The summed E-state index contributed by atoms with van der Waals surface area (Å²) in [7, 11) is 0. The molecule has 0 aliphatic carbocycles. The number of nitrogens with two attached hydrogens (primary N) is 2. The van der Waals surface area contributed by atoms with Gasteiger partial charge in [0.2, 0.25) is 0 Å². The monoisotopic (exact) mass is 196 g/mol. The Balaban J connectivity index is 2.89. The fraction of sp³-hybridized carbons (Fsp3) is 0.200. The summed E-state index contributed by atoms with van der Waals surface area (Å²) in [6.45, 7) is 3.63. The van der Waals surface area contributed by atoms with Gasteiger partial charge in [0.15, 0.2) is 0 Å². The molecule has 13 heavy (non-hydrogen) atoms. The van der Waals surface area contributed by atoms with Gasteiger partial charge in [-0.3, -0.25) is 0 Å². The van der Waals surface area contributed by atoms with Gasteiger partial charge < -0.3 is 11.5 Å². The van der Waals surface area contributed by atoms with Gasteiger partial charge in [0.05, 0.1) is 10.7 Å². The fourth-order valence-corrected chi connectivity index (χ4v) is 1.28. The van der Waals surface area contributed by atoms with Crippen molar-refractivity contribution in [3.63, 3.8) is 0 Å². The van der Waals surface area contributed by atoms with Gasteiger partial charge in [0.1, 0.15) is 0 Å². The van der Waals surface area contributed by atoms with Crippen LogP contribution in [0.25, 0.3) is 0 Å². The van der Waals surface area contributed by atoms with Crippen LogP contribution >= 0.6 is 11.6 Å². The Bertz CT molecular complexity index is 310. The molecule has 1 rings (SSSR count).